The fraction of sp³-hybridized carbons (Fsp3) is 0.610. The number of carbonyl (C=O) groups is 3. The minimum atomic E-state index is -5.91. The van der Waals surface area contributed by atoms with Crippen LogP contribution in [0.5, 0.6) is 0 Å². The molecule has 31 heteroatoms. The van der Waals surface area contributed by atoms with Crippen molar-refractivity contribution >= 4 is 69.1 Å². The van der Waals surface area contributed by atoms with E-state index in [0.717, 1.165) is 61.1 Å². The summed E-state index contributed by atoms with van der Waals surface area (Å²) in [5.41, 5.74) is 4.12. The normalized spacial score (nSPS) is 20.1. The number of carbonyl (C=O) groups excluding carboxylic acids is 3. The van der Waals surface area contributed by atoms with E-state index in [0.29, 0.717) is 18.6 Å². The molecule has 8 atom stereocenters. The number of imidazole rings is 1. The third kappa shape index (κ3) is 25.6. The number of amides is 2. The second-order valence-corrected chi connectivity index (χ2v) is 21.5. The van der Waals surface area contributed by atoms with Crippen LogP contribution in [0.2, 0.25) is 0 Å². The molecule has 2 aromatic heterocycles. The van der Waals surface area contributed by atoms with Gasteiger partial charge in [-0.2, -0.15) is 0 Å². The summed E-state index contributed by atoms with van der Waals surface area (Å²) in [5.74, 6) is -1.18. The molecule has 3 heterocycles. The SMILES string of the molecule is CCCCCC=CCC=CCC=CCC=CCCCC(=O)SCCNC(=O)CCNC(=O)C(O)C(C)(C)COP(=O)([O-])OP(=O)([O-])OCC1OC(n2cnc3c(N)ncnc32)C(O)C1OP(=O)([O-])O.[NH4+].[NH4+].[NH4+]. The number of nitrogens with one attached hydrogen (secondary N) is 2. The average molecular weight is 1110 g/mol. The lowest BCUT2D eigenvalue weighted by molar-refractivity contribution is -0.247. The molecule has 412 valence electrons. The summed E-state index contributed by atoms with van der Waals surface area (Å²) in [4.78, 5) is 94.8. The van der Waals surface area contributed by atoms with Crippen LogP contribution in [-0.2, 0) is 50.7 Å². The van der Waals surface area contributed by atoms with E-state index in [2.05, 4.69) is 99.0 Å². The Labute approximate surface area is 423 Å². The second-order valence-electron chi connectivity index (χ2n) is 16.2. The van der Waals surface area contributed by atoms with Gasteiger partial charge in [0.1, 0.15) is 36.3 Å². The molecule has 27 nitrogen and oxygen atoms in total. The van der Waals surface area contributed by atoms with E-state index >= 15 is 0 Å². The van der Waals surface area contributed by atoms with Crippen molar-refractivity contribution in [1.82, 2.24) is 48.6 Å². The summed E-state index contributed by atoms with van der Waals surface area (Å²) >= 11 is 1.10. The van der Waals surface area contributed by atoms with Crippen molar-refractivity contribution in [3.8, 4) is 0 Å². The number of quaternary nitrogens is 3. The standard InChI is InChI=1S/C41H66N7O17P3S.3H3N/c1-4-5-6-7-8-9-10-11-12-13-14-15-16-17-18-19-20-21-32(50)69-25-24-43-31(49)22-23-44-39(53)36(52)41(2,3)27-62-68(59,60)65-67(57,58)61-26-30-35(64-66(54,55)56)34(51)40(63-30)48-29-47-33-37(42)45-28-46-38(33)48;;;/h8-9,11-12,14-15,17-18,28-30,34-36,40,51-52H,4-7,10,13,16,19-27H2,1-3H3,(H,43,49)(H,44,53)(H,57,58)(H,59,60)(H2,42,45,46)(H2,54,55,56);3*1H3. The summed E-state index contributed by atoms with van der Waals surface area (Å²) < 4.78 is 61.1. The van der Waals surface area contributed by atoms with Crippen molar-refractivity contribution in [2.45, 2.75) is 122 Å². The van der Waals surface area contributed by atoms with E-state index in [4.69, 9.17) is 10.5 Å². The molecule has 0 bridgehead atoms. The predicted octanol–water partition coefficient (Wildman–Crippen LogP) is 4.04. The van der Waals surface area contributed by atoms with E-state index in [1.165, 1.54) is 33.1 Å². The maximum Gasteiger partial charge on any atom is 0.274 e. The maximum absolute atomic E-state index is 12.6. The Bertz CT molecular complexity index is 2230. The smallest absolute Gasteiger partial charge is 0.274 e. The van der Waals surface area contributed by atoms with Crippen molar-refractivity contribution in [1.29, 1.82) is 0 Å². The van der Waals surface area contributed by atoms with Crippen molar-refractivity contribution in [2.24, 2.45) is 5.41 Å². The Kier molecular flexibility index (Phi) is 32.4. The number of nitrogens with two attached hydrogens (primary N) is 1. The van der Waals surface area contributed by atoms with Gasteiger partial charge < -0.3 is 82.9 Å². The molecule has 1 aliphatic heterocycles. The van der Waals surface area contributed by atoms with E-state index in [1.54, 1.807) is 0 Å². The molecule has 0 saturated carbocycles. The maximum atomic E-state index is 12.6. The molecule has 0 spiro atoms. The van der Waals surface area contributed by atoms with Crippen LogP contribution in [0.4, 0.5) is 5.82 Å². The first-order chi connectivity index (χ1) is 32.6. The molecular formula is C41H75N10O17P3S. The number of nitrogens with zero attached hydrogens (tertiary/aromatic N) is 4. The Morgan fingerprint density at radius 3 is 2.10 bits per heavy atom. The number of aromatic nitrogens is 4. The highest BCUT2D eigenvalue weighted by Crippen LogP contribution is 2.56. The Morgan fingerprint density at radius 1 is 0.889 bits per heavy atom. The number of aliphatic hydroxyl groups excluding tert-OH is 2. The van der Waals surface area contributed by atoms with Crippen molar-refractivity contribution in [2.75, 3.05) is 37.8 Å². The third-order valence-corrected chi connectivity index (χ3v) is 13.9. The number of nitrogen functional groups attached to an aromatic ring is 1. The quantitative estimate of drug-likeness (QED) is 0.0276. The highest BCUT2D eigenvalue weighted by molar-refractivity contribution is 8.13. The van der Waals surface area contributed by atoms with Crippen molar-refractivity contribution < 1.29 is 80.5 Å². The number of phosphoric ester groups is 3. The zero-order chi connectivity index (χ0) is 51.1. The third-order valence-electron chi connectivity index (χ3n) is 9.95. The summed E-state index contributed by atoms with van der Waals surface area (Å²) in [6, 6.07) is 0. The Hall–Kier alpha value is -3.60. The number of rotatable bonds is 33. The van der Waals surface area contributed by atoms with Crippen LogP contribution in [0.25, 0.3) is 11.2 Å². The summed E-state index contributed by atoms with van der Waals surface area (Å²) in [6.45, 7) is 2.36. The highest BCUT2D eigenvalue weighted by Gasteiger charge is 2.48. The summed E-state index contributed by atoms with van der Waals surface area (Å²) in [6.07, 6.45) is 19.2. The molecular weight excluding hydrogens is 1030 g/mol. The number of thioether (sulfide) groups is 1. The van der Waals surface area contributed by atoms with Crippen LogP contribution >= 0.6 is 35.2 Å². The van der Waals surface area contributed by atoms with Gasteiger partial charge in [-0.05, 0) is 44.9 Å². The van der Waals surface area contributed by atoms with Gasteiger partial charge in [-0.3, -0.25) is 32.6 Å². The van der Waals surface area contributed by atoms with E-state index < -0.39 is 84.6 Å². The molecule has 0 aliphatic carbocycles. The second kappa shape index (κ2) is 34.1. The van der Waals surface area contributed by atoms with Gasteiger partial charge in [0.2, 0.25) is 11.8 Å². The number of phosphoric acid groups is 3. The molecule has 0 aromatic carbocycles. The molecule has 1 saturated heterocycles. The molecule has 3 rings (SSSR count). The summed E-state index contributed by atoms with van der Waals surface area (Å²) in [5, 5.41) is 26.4. The van der Waals surface area contributed by atoms with Crippen molar-refractivity contribution in [3.63, 3.8) is 0 Å². The highest BCUT2D eigenvalue weighted by atomic mass is 32.2. The van der Waals surface area contributed by atoms with Crippen LogP contribution in [0.3, 0.4) is 0 Å². The van der Waals surface area contributed by atoms with Crippen LogP contribution in [-0.4, -0.2) is 108 Å². The van der Waals surface area contributed by atoms with Crippen LogP contribution in [0.1, 0.15) is 97.6 Å². The zero-order valence-corrected chi connectivity index (χ0v) is 45.1. The van der Waals surface area contributed by atoms with Gasteiger partial charge in [0.25, 0.3) is 23.5 Å². The number of fused-ring (bicyclic) bond motifs is 1. The first kappa shape index (κ1) is 68.4. The number of aliphatic hydroxyl groups is 2. The van der Waals surface area contributed by atoms with Crippen LogP contribution in [0, 0.1) is 5.41 Å². The number of anilines is 1. The minimum absolute atomic E-state index is 0. The lowest BCUT2D eigenvalue weighted by Crippen LogP contribution is -2.46. The lowest BCUT2D eigenvalue weighted by atomic mass is 9.87. The largest absolute Gasteiger partial charge is 0.756 e. The van der Waals surface area contributed by atoms with Gasteiger partial charge in [0.15, 0.2) is 22.8 Å². The number of ether oxygens (including phenoxy) is 1. The van der Waals surface area contributed by atoms with Gasteiger partial charge in [0, 0.05) is 37.1 Å². The van der Waals surface area contributed by atoms with Gasteiger partial charge in [-0.25, -0.2) is 19.3 Å². The van der Waals surface area contributed by atoms with E-state index in [-0.39, 0.29) is 60.1 Å². The van der Waals surface area contributed by atoms with E-state index in [1.807, 2.05) is 0 Å². The molecule has 8 unspecified atom stereocenters. The molecule has 2 aromatic rings. The molecule has 19 N–H and O–H groups in total. The predicted molar refractivity (Wildman–Crippen MR) is 267 cm³/mol. The molecule has 2 amide bonds. The van der Waals surface area contributed by atoms with Gasteiger partial charge >= 0.3 is 0 Å². The van der Waals surface area contributed by atoms with E-state index in [9.17, 15) is 57.9 Å². The lowest BCUT2D eigenvalue weighted by Gasteiger charge is -2.35. The fourth-order valence-corrected chi connectivity index (χ4v) is 9.74. The van der Waals surface area contributed by atoms with Crippen LogP contribution in [0.15, 0.2) is 61.3 Å². The number of hydrogen-bond donors (Lipinski definition) is 9. The first-order valence-electron chi connectivity index (χ1n) is 22.1. The minimum Gasteiger partial charge on any atom is -0.756 e. The van der Waals surface area contributed by atoms with Gasteiger partial charge in [0.05, 0.1) is 19.5 Å². The van der Waals surface area contributed by atoms with Gasteiger partial charge in [-0.1, -0.05) is 94.0 Å². The molecule has 1 fully saturated rings. The Balaban J connectivity index is 0.0000168. The average Bonchev–Trinajstić information content (AvgIpc) is 3.84. The van der Waals surface area contributed by atoms with Gasteiger partial charge in [-0.15, -0.1) is 0 Å². The zero-order valence-electron chi connectivity index (χ0n) is 41.6. The topological polar surface area (TPSA) is 482 Å². The number of allylic oxidation sites excluding steroid dienone is 8. The molecule has 72 heavy (non-hydrogen) atoms. The monoisotopic (exact) mass is 1100 g/mol. The fourth-order valence-electron chi connectivity index (χ4n) is 6.27. The molecule has 0 radical (unpaired) electrons. The first-order valence-corrected chi connectivity index (χ1v) is 27.6. The molecule has 1 aliphatic rings. The van der Waals surface area contributed by atoms with Crippen molar-refractivity contribution in [3.05, 3.63) is 61.3 Å². The number of hydrogen-bond acceptors (Lipinski definition) is 21. The summed E-state index contributed by atoms with van der Waals surface area (Å²) in [7, 11) is -17.3. The van der Waals surface area contributed by atoms with Crippen LogP contribution < -0.4 is 49.5 Å². The Morgan fingerprint density at radius 2 is 1.49 bits per heavy atom. The number of unbranched alkanes of at least 4 members (excludes halogenated alkanes) is 4.